The maximum atomic E-state index is 13.0. The number of nitro groups is 1. The normalized spacial score (nSPS) is 18.8. The molecule has 1 fully saturated rings. The van der Waals surface area contributed by atoms with Gasteiger partial charge in [0.15, 0.2) is 5.78 Å². The monoisotopic (exact) mass is 438 g/mol. The molecule has 1 heterocycles. The summed E-state index contributed by atoms with van der Waals surface area (Å²) in [6.45, 7) is 2.17. The average molecular weight is 438 g/mol. The zero-order valence-corrected chi connectivity index (χ0v) is 17.5. The Morgan fingerprint density at radius 2 is 1.84 bits per heavy atom. The molecular formula is C22H22N4O6. The summed E-state index contributed by atoms with van der Waals surface area (Å²) in [5.74, 6) is -1.66. The number of imide groups is 1. The van der Waals surface area contributed by atoms with Crippen LogP contribution in [0, 0.1) is 10.1 Å². The molecule has 3 rings (SSSR count). The minimum Gasteiger partial charge on any atom is -0.344 e. The summed E-state index contributed by atoms with van der Waals surface area (Å²) in [5, 5.41) is 16.1. The van der Waals surface area contributed by atoms with Crippen molar-refractivity contribution in [3.05, 3.63) is 75.8 Å². The molecule has 2 aromatic rings. The second-order valence-corrected chi connectivity index (χ2v) is 7.67. The fourth-order valence-electron chi connectivity index (χ4n) is 3.50. The van der Waals surface area contributed by atoms with Crippen molar-refractivity contribution >= 4 is 29.3 Å². The van der Waals surface area contributed by atoms with E-state index in [1.165, 1.54) is 38.1 Å². The van der Waals surface area contributed by atoms with E-state index >= 15 is 0 Å². The predicted molar refractivity (Wildman–Crippen MR) is 113 cm³/mol. The Labute approximate surface area is 183 Å². The number of nitro benzene ring substituents is 1. The van der Waals surface area contributed by atoms with Crippen LogP contribution in [0.1, 0.15) is 25.0 Å². The number of non-ortho nitro benzene ring substituents is 1. The van der Waals surface area contributed by atoms with Crippen molar-refractivity contribution in [3.8, 4) is 0 Å². The van der Waals surface area contributed by atoms with E-state index in [0.717, 1.165) is 10.5 Å². The maximum absolute atomic E-state index is 13.0. The molecule has 0 spiro atoms. The van der Waals surface area contributed by atoms with Gasteiger partial charge in [-0.05, 0) is 31.4 Å². The van der Waals surface area contributed by atoms with Crippen molar-refractivity contribution in [2.75, 3.05) is 6.54 Å². The summed E-state index contributed by atoms with van der Waals surface area (Å²) in [6, 6.07) is 12.9. The molecule has 166 valence electrons. The first-order valence-electron chi connectivity index (χ1n) is 9.84. The van der Waals surface area contributed by atoms with Crippen LogP contribution < -0.4 is 10.6 Å². The number of hydrogen-bond acceptors (Lipinski definition) is 6. The highest BCUT2D eigenvalue weighted by atomic mass is 16.6. The molecule has 1 saturated heterocycles. The van der Waals surface area contributed by atoms with Gasteiger partial charge in [-0.25, -0.2) is 4.79 Å². The van der Waals surface area contributed by atoms with E-state index in [1.54, 1.807) is 0 Å². The highest BCUT2D eigenvalue weighted by molar-refractivity contribution is 6.09. The summed E-state index contributed by atoms with van der Waals surface area (Å²) in [4.78, 5) is 61.2. The number of benzene rings is 2. The first-order valence-corrected chi connectivity index (χ1v) is 9.84. The molecule has 10 nitrogen and oxygen atoms in total. The number of amides is 4. The molecule has 10 heteroatoms. The van der Waals surface area contributed by atoms with E-state index in [4.69, 9.17) is 0 Å². The molecule has 0 aromatic heterocycles. The lowest BCUT2D eigenvalue weighted by Crippen LogP contribution is -2.48. The Morgan fingerprint density at radius 1 is 1.16 bits per heavy atom. The van der Waals surface area contributed by atoms with E-state index in [0.29, 0.717) is 0 Å². The average Bonchev–Trinajstić information content (AvgIpc) is 2.98. The van der Waals surface area contributed by atoms with Crippen LogP contribution in [0.15, 0.2) is 54.6 Å². The SMILES string of the molecule is CC(=O)C(Cc1ccccc1)NC(=O)CN1C(=O)NC(C)(c2cccc([N+](=O)[O-])c2)C1=O. The number of nitrogens with zero attached hydrogens (tertiary/aromatic N) is 2. The third-order valence-corrected chi connectivity index (χ3v) is 5.32. The Morgan fingerprint density at radius 3 is 2.47 bits per heavy atom. The highest BCUT2D eigenvalue weighted by Crippen LogP contribution is 2.30. The van der Waals surface area contributed by atoms with Crippen LogP contribution in [0.5, 0.6) is 0 Å². The molecule has 1 aliphatic heterocycles. The second kappa shape index (κ2) is 8.96. The van der Waals surface area contributed by atoms with Crippen LogP contribution >= 0.6 is 0 Å². The lowest BCUT2D eigenvalue weighted by molar-refractivity contribution is -0.385. The van der Waals surface area contributed by atoms with Gasteiger partial charge in [0.2, 0.25) is 5.91 Å². The molecule has 1 aliphatic rings. The van der Waals surface area contributed by atoms with Gasteiger partial charge < -0.3 is 10.6 Å². The van der Waals surface area contributed by atoms with E-state index in [-0.39, 0.29) is 23.5 Å². The molecule has 0 saturated carbocycles. The van der Waals surface area contributed by atoms with Crippen LogP contribution in [-0.4, -0.2) is 46.0 Å². The van der Waals surface area contributed by atoms with Crippen molar-refractivity contribution in [1.82, 2.24) is 15.5 Å². The van der Waals surface area contributed by atoms with Gasteiger partial charge in [-0.1, -0.05) is 42.5 Å². The van der Waals surface area contributed by atoms with Crippen LogP contribution in [0.3, 0.4) is 0 Å². The fourth-order valence-corrected chi connectivity index (χ4v) is 3.50. The zero-order valence-electron chi connectivity index (χ0n) is 17.5. The van der Waals surface area contributed by atoms with Crippen molar-refractivity contribution < 1.29 is 24.1 Å². The number of carbonyl (C=O) groups is 4. The molecule has 2 atom stereocenters. The van der Waals surface area contributed by atoms with Crippen LogP contribution in [0.25, 0.3) is 0 Å². The highest BCUT2D eigenvalue weighted by Gasteiger charge is 2.50. The van der Waals surface area contributed by atoms with Crippen LogP contribution in [0.4, 0.5) is 10.5 Å². The van der Waals surface area contributed by atoms with Crippen molar-refractivity contribution in [2.45, 2.75) is 31.8 Å². The molecule has 0 radical (unpaired) electrons. The van der Waals surface area contributed by atoms with Gasteiger partial charge >= 0.3 is 6.03 Å². The molecular weight excluding hydrogens is 416 g/mol. The number of hydrogen-bond donors (Lipinski definition) is 2. The Bertz CT molecular complexity index is 1090. The van der Waals surface area contributed by atoms with Crippen LogP contribution in [-0.2, 0) is 26.3 Å². The van der Waals surface area contributed by atoms with E-state index in [2.05, 4.69) is 10.6 Å². The molecule has 2 unspecified atom stereocenters. The minimum atomic E-state index is -1.56. The summed E-state index contributed by atoms with van der Waals surface area (Å²) in [5.41, 5.74) is -0.722. The topological polar surface area (TPSA) is 139 Å². The van der Waals surface area contributed by atoms with Gasteiger partial charge in [0.05, 0.1) is 11.0 Å². The van der Waals surface area contributed by atoms with Crippen molar-refractivity contribution in [2.24, 2.45) is 0 Å². The van der Waals surface area contributed by atoms with Gasteiger partial charge in [-0.2, -0.15) is 0 Å². The van der Waals surface area contributed by atoms with Gasteiger partial charge in [0, 0.05) is 12.1 Å². The predicted octanol–water partition coefficient (Wildman–Crippen LogP) is 1.68. The number of Topliss-reactive ketones (excluding diaryl/α,β-unsaturated/α-hetero) is 1. The van der Waals surface area contributed by atoms with E-state index in [9.17, 15) is 29.3 Å². The fraction of sp³-hybridized carbons (Fsp3) is 0.273. The smallest absolute Gasteiger partial charge is 0.325 e. The number of carbonyl (C=O) groups excluding carboxylic acids is 4. The van der Waals surface area contributed by atoms with Gasteiger partial charge in [0.25, 0.3) is 11.6 Å². The third-order valence-electron chi connectivity index (χ3n) is 5.32. The van der Waals surface area contributed by atoms with Gasteiger partial charge in [-0.3, -0.25) is 29.4 Å². The quantitative estimate of drug-likeness (QED) is 0.365. The van der Waals surface area contributed by atoms with Gasteiger partial charge in [-0.15, -0.1) is 0 Å². The van der Waals surface area contributed by atoms with E-state index in [1.807, 2.05) is 30.3 Å². The molecule has 0 bridgehead atoms. The summed E-state index contributed by atoms with van der Waals surface area (Å²) >= 11 is 0. The third kappa shape index (κ3) is 4.64. The zero-order chi connectivity index (χ0) is 23.5. The molecule has 4 amide bonds. The Hall–Kier alpha value is -4.08. The molecule has 32 heavy (non-hydrogen) atoms. The summed E-state index contributed by atoms with van der Waals surface area (Å²) < 4.78 is 0. The summed E-state index contributed by atoms with van der Waals surface area (Å²) in [7, 11) is 0. The van der Waals surface area contributed by atoms with E-state index < -0.39 is 40.9 Å². The first-order chi connectivity index (χ1) is 15.1. The first kappa shape index (κ1) is 22.6. The molecule has 0 aliphatic carbocycles. The largest absolute Gasteiger partial charge is 0.344 e. The van der Waals surface area contributed by atoms with Crippen molar-refractivity contribution in [1.29, 1.82) is 0 Å². The van der Waals surface area contributed by atoms with Crippen LogP contribution in [0.2, 0.25) is 0 Å². The molecule has 2 N–H and O–H groups in total. The number of nitrogens with one attached hydrogen (secondary N) is 2. The van der Waals surface area contributed by atoms with Crippen molar-refractivity contribution in [3.63, 3.8) is 0 Å². The number of ketones is 1. The maximum Gasteiger partial charge on any atom is 0.325 e. The lowest BCUT2D eigenvalue weighted by Gasteiger charge is -2.22. The molecule has 2 aromatic carbocycles. The number of urea groups is 1. The Balaban J connectivity index is 1.73. The number of rotatable bonds is 8. The Kier molecular flexibility index (Phi) is 6.33. The minimum absolute atomic E-state index is 0.221. The standard InChI is InChI=1S/C22H22N4O6/c1-14(27)18(11-15-7-4-3-5-8-15)23-19(28)13-25-20(29)22(2,24-21(25)30)16-9-6-10-17(12-16)26(31)32/h3-10,12,18H,11,13H2,1-2H3,(H,23,28)(H,24,30). The lowest BCUT2D eigenvalue weighted by atomic mass is 9.91. The second-order valence-electron chi connectivity index (χ2n) is 7.67. The summed E-state index contributed by atoms with van der Waals surface area (Å²) in [6.07, 6.45) is 0.271. The van der Waals surface area contributed by atoms with Gasteiger partial charge in [0.1, 0.15) is 12.1 Å².